The number of carbonyl (C=O) groups excluding carboxylic acids is 1. The minimum Gasteiger partial charge on any atom is -0.496 e. The zero-order valence-electron chi connectivity index (χ0n) is 12.2. The molecule has 0 saturated carbocycles. The first-order chi connectivity index (χ1) is 9.06. The number of carbonyl (C=O) groups is 1. The summed E-state index contributed by atoms with van der Waals surface area (Å²) in [6, 6.07) is 7.72. The van der Waals surface area contributed by atoms with Gasteiger partial charge in [0, 0.05) is 11.3 Å². The molecule has 0 saturated heterocycles. The molecule has 1 aromatic carbocycles. The molecular weight excluding hydrogens is 258 g/mol. The van der Waals surface area contributed by atoms with Crippen molar-refractivity contribution in [3.8, 4) is 5.75 Å². The molecule has 1 atom stereocenters. The smallest absolute Gasteiger partial charge is 0.196 e. The van der Waals surface area contributed by atoms with Crippen molar-refractivity contribution in [2.24, 2.45) is 0 Å². The van der Waals surface area contributed by atoms with Crippen molar-refractivity contribution in [3.63, 3.8) is 0 Å². The molecule has 1 unspecified atom stereocenters. The second kappa shape index (κ2) is 8.23. The second-order valence-corrected chi connectivity index (χ2v) is 5.89. The molecule has 0 aliphatic carbocycles. The lowest BCUT2D eigenvalue weighted by Gasteiger charge is -2.14. The van der Waals surface area contributed by atoms with Crippen molar-refractivity contribution in [1.29, 1.82) is 0 Å². The van der Waals surface area contributed by atoms with Gasteiger partial charge in [-0.2, -0.15) is 0 Å². The minimum absolute atomic E-state index is 0.125. The Kier molecular flexibility index (Phi) is 6.95. The summed E-state index contributed by atoms with van der Waals surface area (Å²) in [6.07, 6.45) is 1.03. The lowest BCUT2D eigenvalue weighted by atomic mass is 10.0. The molecule has 19 heavy (non-hydrogen) atoms. The Labute approximate surface area is 120 Å². The Balaban J connectivity index is 2.52. The third-order valence-electron chi connectivity index (χ3n) is 2.95. The molecule has 3 nitrogen and oxygen atoms in total. The number of nitrogens with zero attached hydrogens (tertiary/aromatic N) is 1. The zero-order chi connectivity index (χ0) is 14.3. The molecule has 0 spiro atoms. The molecule has 0 aliphatic rings. The maximum Gasteiger partial charge on any atom is 0.196 e. The van der Waals surface area contributed by atoms with Crippen LogP contribution in [0.4, 0.5) is 0 Å². The van der Waals surface area contributed by atoms with Crippen LogP contribution in [0.3, 0.4) is 0 Å². The third-order valence-corrected chi connectivity index (χ3v) is 4.08. The minimum atomic E-state index is -0.125. The number of hydrogen-bond donors (Lipinski definition) is 0. The van der Waals surface area contributed by atoms with E-state index >= 15 is 0 Å². The molecule has 0 aliphatic heterocycles. The number of methoxy groups -OCH3 is 1. The summed E-state index contributed by atoms with van der Waals surface area (Å²) in [6.45, 7) is 2.96. The third kappa shape index (κ3) is 5.25. The summed E-state index contributed by atoms with van der Waals surface area (Å²) in [4.78, 5) is 14.3. The molecule has 0 fully saturated rings. The molecule has 0 aromatic heterocycles. The van der Waals surface area contributed by atoms with E-state index in [-0.39, 0.29) is 11.0 Å². The van der Waals surface area contributed by atoms with Crippen LogP contribution in [0.1, 0.15) is 24.8 Å². The molecule has 1 aromatic rings. The van der Waals surface area contributed by atoms with Gasteiger partial charge in [0.15, 0.2) is 5.12 Å². The maximum atomic E-state index is 12.2. The Morgan fingerprint density at radius 1 is 1.37 bits per heavy atom. The average molecular weight is 281 g/mol. The molecule has 0 bridgehead atoms. The van der Waals surface area contributed by atoms with E-state index in [1.807, 2.05) is 45.3 Å². The number of ether oxygens (including phenoxy) is 1. The van der Waals surface area contributed by atoms with Gasteiger partial charge in [-0.15, -0.1) is 0 Å². The van der Waals surface area contributed by atoms with Crippen LogP contribution in [-0.2, 0) is 4.79 Å². The lowest BCUT2D eigenvalue weighted by molar-refractivity contribution is -0.111. The fourth-order valence-electron chi connectivity index (χ4n) is 1.83. The maximum absolute atomic E-state index is 12.2. The van der Waals surface area contributed by atoms with Crippen LogP contribution in [0, 0.1) is 0 Å². The molecule has 0 N–H and O–H groups in total. The van der Waals surface area contributed by atoms with E-state index in [1.165, 1.54) is 11.8 Å². The van der Waals surface area contributed by atoms with Crippen LogP contribution < -0.4 is 4.74 Å². The van der Waals surface area contributed by atoms with E-state index in [1.54, 1.807) is 7.11 Å². The Morgan fingerprint density at radius 3 is 2.68 bits per heavy atom. The fraction of sp³-hybridized carbons (Fsp3) is 0.533. The summed E-state index contributed by atoms with van der Waals surface area (Å²) in [5, 5.41) is 0.211. The SMILES string of the molecule is COc1ccccc1C(C)C(=O)SCCCN(C)C. The predicted octanol–water partition coefficient (Wildman–Crippen LogP) is 3.01. The van der Waals surface area contributed by atoms with Crippen molar-refractivity contribution in [3.05, 3.63) is 29.8 Å². The first-order valence-electron chi connectivity index (χ1n) is 6.50. The van der Waals surface area contributed by atoms with E-state index in [0.717, 1.165) is 30.0 Å². The molecule has 106 valence electrons. The van der Waals surface area contributed by atoms with Gasteiger partial charge in [-0.1, -0.05) is 36.9 Å². The molecule has 0 heterocycles. The van der Waals surface area contributed by atoms with Crippen LogP contribution in [0.2, 0.25) is 0 Å². The molecule has 0 amide bonds. The molecule has 0 radical (unpaired) electrons. The normalized spacial score (nSPS) is 12.5. The van der Waals surface area contributed by atoms with E-state index < -0.39 is 0 Å². The first kappa shape index (κ1) is 16.1. The van der Waals surface area contributed by atoms with Gasteiger partial charge in [0.25, 0.3) is 0 Å². The van der Waals surface area contributed by atoms with Crippen LogP contribution in [0.15, 0.2) is 24.3 Å². The van der Waals surface area contributed by atoms with Crippen molar-refractivity contribution >= 4 is 16.9 Å². The number of benzene rings is 1. The van der Waals surface area contributed by atoms with Crippen molar-refractivity contribution in [2.45, 2.75) is 19.3 Å². The predicted molar refractivity (Wildman–Crippen MR) is 82.0 cm³/mol. The summed E-state index contributed by atoms with van der Waals surface area (Å²) < 4.78 is 5.31. The number of para-hydroxylation sites is 1. The van der Waals surface area contributed by atoms with Crippen LogP contribution >= 0.6 is 11.8 Å². The molecular formula is C15H23NO2S. The van der Waals surface area contributed by atoms with Crippen LogP contribution in [0.5, 0.6) is 5.75 Å². The largest absolute Gasteiger partial charge is 0.496 e. The quantitative estimate of drug-likeness (QED) is 0.719. The van der Waals surface area contributed by atoms with E-state index in [4.69, 9.17) is 4.74 Å². The van der Waals surface area contributed by atoms with Gasteiger partial charge in [-0.3, -0.25) is 4.79 Å². The number of hydrogen-bond acceptors (Lipinski definition) is 4. The van der Waals surface area contributed by atoms with Crippen molar-refractivity contribution in [1.82, 2.24) is 4.90 Å². The lowest BCUT2D eigenvalue weighted by Crippen LogP contribution is -2.14. The fourth-order valence-corrected chi connectivity index (χ4v) is 2.68. The number of rotatable bonds is 7. The zero-order valence-corrected chi connectivity index (χ0v) is 13.0. The van der Waals surface area contributed by atoms with Gasteiger partial charge in [0.1, 0.15) is 5.75 Å². The van der Waals surface area contributed by atoms with Gasteiger partial charge in [0.05, 0.1) is 13.0 Å². The van der Waals surface area contributed by atoms with Gasteiger partial charge < -0.3 is 9.64 Å². The van der Waals surface area contributed by atoms with Crippen molar-refractivity contribution < 1.29 is 9.53 Å². The Hall–Kier alpha value is -1.00. The highest BCUT2D eigenvalue weighted by Gasteiger charge is 2.18. The first-order valence-corrected chi connectivity index (χ1v) is 7.49. The summed E-state index contributed by atoms with van der Waals surface area (Å²) >= 11 is 1.42. The van der Waals surface area contributed by atoms with Gasteiger partial charge in [-0.05, 0) is 33.1 Å². The summed E-state index contributed by atoms with van der Waals surface area (Å²) in [5.74, 6) is 1.54. The standard InChI is InChI=1S/C15H23NO2S/c1-12(13-8-5-6-9-14(13)18-4)15(17)19-11-7-10-16(2)3/h5-6,8-9,12H,7,10-11H2,1-4H3. The van der Waals surface area contributed by atoms with Gasteiger partial charge in [-0.25, -0.2) is 0 Å². The van der Waals surface area contributed by atoms with Crippen LogP contribution in [-0.4, -0.2) is 43.5 Å². The summed E-state index contributed by atoms with van der Waals surface area (Å²) in [7, 11) is 5.73. The number of thioether (sulfide) groups is 1. The van der Waals surface area contributed by atoms with E-state index in [9.17, 15) is 4.79 Å². The summed E-state index contributed by atoms with van der Waals surface area (Å²) in [5.41, 5.74) is 0.968. The van der Waals surface area contributed by atoms with E-state index in [2.05, 4.69) is 4.90 Å². The average Bonchev–Trinajstić information content (AvgIpc) is 2.42. The highest BCUT2D eigenvalue weighted by Crippen LogP contribution is 2.29. The molecule has 4 heteroatoms. The monoisotopic (exact) mass is 281 g/mol. The van der Waals surface area contributed by atoms with Gasteiger partial charge in [0.2, 0.25) is 0 Å². The molecule has 1 rings (SSSR count). The van der Waals surface area contributed by atoms with E-state index in [0.29, 0.717) is 0 Å². The van der Waals surface area contributed by atoms with Crippen molar-refractivity contribution in [2.75, 3.05) is 33.5 Å². The highest BCUT2D eigenvalue weighted by molar-refractivity contribution is 8.13. The topological polar surface area (TPSA) is 29.5 Å². The second-order valence-electron chi connectivity index (χ2n) is 4.79. The van der Waals surface area contributed by atoms with Gasteiger partial charge >= 0.3 is 0 Å². The highest BCUT2D eigenvalue weighted by atomic mass is 32.2. The van der Waals surface area contributed by atoms with Crippen LogP contribution in [0.25, 0.3) is 0 Å². The Morgan fingerprint density at radius 2 is 2.05 bits per heavy atom. The Bertz CT molecular complexity index is 407.